The second-order valence-electron chi connectivity index (χ2n) is 2.64. The third-order valence-corrected chi connectivity index (χ3v) is 5.21. The van der Waals surface area contributed by atoms with E-state index in [1.54, 1.807) is 11.3 Å². The number of aliphatic hydroxyl groups is 1. The van der Waals surface area contributed by atoms with Crippen molar-refractivity contribution in [2.45, 2.75) is 6.61 Å². The van der Waals surface area contributed by atoms with Crippen LogP contribution in [0.2, 0.25) is 0 Å². The van der Waals surface area contributed by atoms with Crippen molar-refractivity contribution in [3.63, 3.8) is 0 Å². The van der Waals surface area contributed by atoms with Crippen LogP contribution in [0.3, 0.4) is 0 Å². The van der Waals surface area contributed by atoms with Crippen molar-refractivity contribution in [1.82, 2.24) is 0 Å². The number of hydrogen-bond acceptors (Lipinski definition) is 2. The van der Waals surface area contributed by atoms with E-state index in [1.165, 1.54) is 17.2 Å². The second kappa shape index (κ2) is 4.00. The van der Waals surface area contributed by atoms with Crippen molar-refractivity contribution >= 4 is 66.6 Å². The average Bonchev–Trinajstić information content (AvgIpc) is 2.42. The van der Waals surface area contributed by atoms with Gasteiger partial charge in [0.15, 0.2) is 0 Å². The third-order valence-electron chi connectivity index (χ3n) is 1.80. The number of hydrogen-bond donors (Lipinski definition) is 1. The van der Waals surface area contributed by atoms with Gasteiger partial charge in [0.25, 0.3) is 0 Å². The van der Waals surface area contributed by atoms with Crippen molar-refractivity contribution in [1.29, 1.82) is 0 Å². The molecule has 1 aromatic heterocycles. The van der Waals surface area contributed by atoms with E-state index in [4.69, 9.17) is 5.11 Å². The summed E-state index contributed by atoms with van der Waals surface area (Å²) in [6.45, 7) is 0.147. The molecule has 0 unspecified atom stereocenters. The highest BCUT2D eigenvalue weighted by molar-refractivity contribution is 14.1. The van der Waals surface area contributed by atoms with Gasteiger partial charge in [-0.2, -0.15) is 0 Å². The van der Waals surface area contributed by atoms with E-state index in [9.17, 15) is 0 Å². The van der Waals surface area contributed by atoms with Gasteiger partial charge in [-0.25, -0.2) is 0 Å². The zero-order valence-corrected chi connectivity index (χ0v) is 11.7. The molecule has 2 rings (SSSR count). The zero-order valence-electron chi connectivity index (χ0n) is 6.55. The smallest absolute Gasteiger partial charge is 0.0785 e. The van der Waals surface area contributed by atoms with E-state index >= 15 is 0 Å². The lowest BCUT2D eigenvalue weighted by Crippen LogP contribution is -1.78. The number of fused-ring (bicyclic) bond motifs is 1. The summed E-state index contributed by atoms with van der Waals surface area (Å²) in [4.78, 5) is 1.07. The molecular formula is C9H6I2OS. The lowest BCUT2D eigenvalue weighted by atomic mass is 10.2. The maximum Gasteiger partial charge on any atom is 0.0785 e. The van der Waals surface area contributed by atoms with Crippen molar-refractivity contribution in [3.05, 3.63) is 30.2 Å². The summed E-state index contributed by atoms with van der Waals surface area (Å²) in [5.41, 5.74) is 0. The first-order chi connectivity index (χ1) is 6.22. The molecule has 1 heterocycles. The number of rotatable bonds is 1. The minimum atomic E-state index is 0.147. The maximum absolute atomic E-state index is 9.09. The Morgan fingerprint density at radius 2 is 2.08 bits per heavy atom. The molecule has 0 spiro atoms. The molecule has 1 nitrogen and oxygen atoms in total. The van der Waals surface area contributed by atoms with E-state index in [0.717, 1.165) is 4.88 Å². The summed E-state index contributed by atoms with van der Waals surface area (Å²) in [7, 11) is 0. The van der Waals surface area contributed by atoms with Crippen LogP contribution in [-0.4, -0.2) is 5.11 Å². The summed E-state index contributed by atoms with van der Waals surface area (Å²) < 4.78 is 3.70. The predicted molar refractivity (Wildman–Crippen MR) is 73.2 cm³/mol. The summed E-state index contributed by atoms with van der Waals surface area (Å²) in [6.07, 6.45) is 0. The van der Waals surface area contributed by atoms with E-state index in [2.05, 4.69) is 63.4 Å². The van der Waals surface area contributed by atoms with Gasteiger partial charge < -0.3 is 5.11 Å². The van der Waals surface area contributed by atoms with E-state index in [0.29, 0.717) is 0 Å². The molecule has 2 aromatic rings. The van der Waals surface area contributed by atoms with Gasteiger partial charge in [0.2, 0.25) is 0 Å². The van der Waals surface area contributed by atoms with Crippen LogP contribution in [-0.2, 0) is 6.61 Å². The first-order valence-corrected chi connectivity index (χ1v) is 6.67. The van der Waals surface area contributed by atoms with Gasteiger partial charge in [0.1, 0.15) is 0 Å². The molecule has 0 aliphatic carbocycles. The Balaban J connectivity index is 2.76. The van der Waals surface area contributed by atoms with Gasteiger partial charge in [0, 0.05) is 22.1 Å². The lowest BCUT2D eigenvalue weighted by molar-refractivity contribution is 0.285. The van der Waals surface area contributed by atoms with Crippen LogP contribution in [0.25, 0.3) is 10.1 Å². The quantitative estimate of drug-likeness (QED) is 0.705. The van der Waals surface area contributed by atoms with Crippen LogP contribution >= 0.6 is 56.5 Å². The molecule has 0 aliphatic rings. The molecule has 0 saturated carbocycles. The molecular weight excluding hydrogens is 410 g/mol. The maximum atomic E-state index is 9.09. The first-order valence-electron chi connectivity index (χ1n) is 3.69. The Morgan fingerprint density at radius 3 is 2.77 bits per heavy atom. The van der Waals surface area contributed by atoms with Crippen LogP contribution in [0.15, 0.2) is 18.2 Å². The molecule has 0 atom stereocenters. The SMILES string of the molecule is OCc1sc2cc(I)ccc2c1I. The van der Waals surface area contributed by atoms with Crippen LogP contribution in [0, 0.1) is 7.14 Å². The van der Waals surface area contributed by atoms with Crippen LogP contribution in [0.1, 0.15) is 4.88 Å². The Bertz CT molecular complexity index is 450. The monoisotopic (exact) mass is 416 g/mol. The Hall–Kier alpha value is 0.600. The highest BCUT2D eigenvalue weighted by atomic mass is 127. The van der Waals surface area contributed by atoms with Gasteiger partial charge in [-0.1, -0.05) is 6.07 Å². The van der Waals surface area contributed by atoms with E-state index < -0.39 is 0 Å². The first kappa shape index (κ1) is 10.1. The predicted octanol–water partition coefficient (Wildman–Crippen LogP) is 3.60. The largest absolute Gasteiger partial charge is 0.391 e. The van der Waals surface area contributed by atoms with Crippen molar-refractivity contribution in [3.8, 4) is 0 Å². The minimum absolute atomic E-state index is 0.147. The molecule has 1 N–H and O–H groups in total. The van der Waals surface area contributed by atoms with Crippen LogP contribution in [0.4, 0.5) is 0 Å². The van der Waals surface area contributed by atoms with Gasteiger partial charge in [0.05, 0.1) is 6.61 Å². The minimum Gasteiger partial charge on any atom is -0.391 e. The Kier molecular flexibility index (Phi) is 3.11. The normalized spacial score (nSPS) is 11.0. The molecule has 0 fully saturated rings. The van der Waals surface area contributed by atoms with E-state index in [-0.39, 0.29) is 6.61 Å². The van der Waals surface area contributed by atoms with Crippen LogP contribution < -0.4 is 0 Å². The van der Waals surface area contributed by atoms with Crippen molar-refractivity contribution in [2.75, 3.05) is 0 Å². The average molecular weight is 416 g/mol. The van der Waals surface area contributed by atoms with Gasteiger partial charge in [-0.3, -0.25) is 0 Å². The highest BCUT2D eigenvalue weighted by Gasteiger charge is 2.08. The van der Waals surface area contributed by atoms with E-state index in [1.807, 2.05) is 0 Å². The molecule has 0 bridgehead atoms. The van der Waals surface area contributed by atoms with Crippen molar-refractivity contribution in [2.24, 2.45) is 0 Å². The number of benzene rings is 1. The zero-order chi connectivity index (χ0) is 9.42. The number of aliphatic hydroxyl groups excluding tert-OH is 1. The third kappa shape index (κ3) is 1.86. The van der Waals surface area contributed by atoms with Gasteiger partial charge in [-0.15, -0.1) is 11.3 Å². The van der Waals surface area contributed by atoms with Crippen LogP contribution in [0.5, 0.6) is 0 Å². The molecule has 0 amide bonds. The van der Waals surface area contributed by atoms with Gasteiger partial charge >= 0.3 is 0 Å². The summed E-state index contributed by atoms with van der Waals surface area (Å²) in [5, 5.41) is 10.4. The fourth-order valence-corrected chi connectivity index (χ4v) is 4.04. The standard InChI is InChI=1S/C9H6I2OS/c10-5-1-2-6-7(3-5)13-8(4-12)9(6)11/h1-3,12H,4H2. The summed E-state index contributed by atoms with van der Waals surface area (Å²) >= 11 is 6.27. The number of halogens is 2. The van der Waals surface area contributed by atoms with Gasteiger partial charge in [-0.05, 0) is 57.3 Å². The molecule has 1 aromatic carbocycles. The Labute approximate surface area is 107 Å². The summed E-state index contributed by atoms with van der Waals surface area (Å²) in [5.74, 6) is 0. The fraction of sp³-hybridized carbons (Fsp3) is 0.111. The molecule has 0 aliphatic heterocycles. The molecule has 68 valence electrons. The lowest BCUT2D eigenvalue weighted by Gasteiger charge is -1.91. The highest BCUT2D eigenvalue weighted by Crippen LogP contribution is 2.33. The number of thiophene rings is 1. The fourth-order valence-electron chi connectivity index (χ4n) is 1.19. The molecule has 0 radical (unpaired) electrons. The van der Waals surface area contributed by atoms with Crippen molar-refractivity contribution < 1.29 is 5.11 Å². The second-order valence-corrected chi connectivity index (χ2v) is 6.10. The molecule has 0 saturated heterocycles. The topological polar surface area (TPSA) is 20.2 Å². The molecule has 4 heteroatoms. The summed E-state index contributed by atoms with van der Waals surface area (Å²) in [6, 6.07) is 6.37. The molecule has 13 heavy (non-hydrogen) atoms. The Morgan fingerprint density at radius 1 is 1.31 bits per heavy atom.